The number of nitrogens with one attached hydrogen (secondary N) is 1. The minimum Gasteiger partial charge on any atom is -0.310 e. The fourth-order valence-corrected chi connectivity index (χ4v) is 2.65. The van der Waals surface area contributed by atoms with E-state index in [9.17, 15) is 17.6 Å². The molecule has 0 heterocycles. The summed E-state index contributed by atoms with van der Waals surface area (Å²) < 4.78 is 50.8. The first kappa shape index (κ1) is 15.6. The van der Waals surface area contributed by atoms with E-state index in [1.54, 1.807) is 6.07 Å². The van der Waals surface area contributed by atoms with Gasteiger partial charge in [0.2, 0.25) is 0 Å². The number of hydrogen-bond donors (Lipinski definition) is 1. The molecule has 0 unspecified atom stereocenters. The summed E-state index contributed by atoms with van der Waals surface area (Å²) in [5, 5.41) is 3.25. The van der Waals surface area contributed by atoms with Gasteiger partial charge in [-0.05, 0) is 43.4 Å². The highest BCUT2D eigenvalue weighted by Crippen LogP contribution is 2.37. The van der Waals surface area contributed by atoms with Gasteiger partial charge in [0.15, 0.2) is 0 Å². The van der Waals surface area contributed by atoms with Crippen LogP contribution in [-0.2, 0) is 6.54 Å². The quantitative estimate of drug-likeness (QED) is 0.799. The molecular weight excluding hydrogens is 294 g/mol. The number of alkyl halides is 3. The Balaban J connectivity index is 1.80. The van der Waals surface area contributed by atoms with Crippen molar-refractivity contribution < 1.29 is 17.6 Å². The molecule has 1 aromatic carbocycles. The number of rotatable bonds is 3. The van der Waals surface area contributed by atoms with Gasteiger partial charge in [0.1, 0.15) is 5.82 Å². The number of halogens is 5. The molecule has 1 aromatic rings. The van der Waals surface area contributed by atoms with Gasteiger partial charge >= 0.3 is 6.18 Å². The van der Waals surface area contributed by atoms with Gasteiger partial charge in [-0.3, -0.25) is 0 Å². The van der Waals surface area contributed by atoms with E-state index in [0.29, 0.717) is 19.4 Å². The average molecular weight is 310 g/mol. The molecule has 1 aliphatic rings. The van der Waals surface area contributed by atoms with Crippen LogP contribution in [0.4, 0.5) is 17.6 Å². The van der Waals surface area contributed by atoms with Crippen molar-refractivity contribution in [3.8, 4) is 0 Å². The zero-order valence-corrected chi connectivity index (χ0v) is 11.6. The van der Waals surface area contributed by atoms with E-state index in [4.69, 9.17) is 11.6 Å². The summed E-state index contributed by atoms with van der Waals surface area (Å²) in [4.78, 5) is 0. The van der Waals surface area contributed by atoms with Gasteiger partial charge in [0.05, 0.1) is 10.9 Å². The zero-order valence-electron chi connectivity index (χ0n) is 10.8. The lowest BCUT2D eigenvalue weighted by molar-refractivity contribution is -0.182. The fourth-order valence-electron chi connectivity index (χ4n) is 2.54. The first-order valence-electron chi connectivity index (χ1n) is 6.60. The molecule has 1 saturated carbocycles. The maximum atomic E-state index is 13.2. The van der Waals surface area contributed by atoms with Crippen molar-refractivity contribution in [2.75, 3.05) is 0 Å². The van der Waals surface area contributed by atoms with E-state index in [0.717, 1.165) is 5.56 Å². The second kappa shape index (κ2) is 6.31. The minimum absolute atomic E-state index is 0.0624. The minimum atomic E-state index is -4.08. The van der Waals surface area contributed by atoms with E-state index in [1.807, 2.05) is 0 Å². The molecule has 0 aliphatic heterocycles. The van der Waals surface area contributed by atoms with Crippen LogP contribution >= 0.6 is 11.6 Å². The summed E-state index contributed by atoms with van der Waals surface area (Å²) in [7, 11) is 0. The molecule has 6 heteroatoms. The standard InChI is InChI=1S/C14H16ClF4N/c15-12-6-1-9(7-13(12)16)8-20-11-4-2-10(3-5-11)14(17,18)19/h1,6-7,10-11,20H,2-5,8H2. The molecule has 1 N–H and O–H groups in total. The van der Waals surface area contributed by atoms with Crippen molar-refractivity contribution >= 4 is 11.6 Å². The lowest BCUT2D eigenvalue weighted by atomic mass is 9.85. The maximum Gasteiger partial charge on any atom is 0.391 e. The first-order valence-corrected chi connectivity index (χ1v) is 6.98. The highest BCUT2D eigenvalue weighted by molar-refractivity contribution is 6.30. The van der Waals surface area contributed by atoms with Gasteiger partial charge in [-0.1, -0.05) is 17.7 Å². The lowest BCUT2D eigenvalue weighted by Crippen LogP contribution is -2.36. The van der Waals surface area contributed by atoms with Crippen LogP contribution in [0.2, 0.25) is 5.02 Å². The zero-order chi connectivity index (χ0) is 14.8. The summed E-state index contributed by atoms with van der Waals surface area (Å²) in [5.74, 6) is -1.65. The predicted molar refractivity (Wildman–Crippen MR) is 70.1 cm³/mol. The smallest absolute Gasteiger partial charge is 0.310 e. The van der Waals surface area contributed by atoms with E-state index < -0.39 is 17.9 Å². The molecule has 1 fully saturated rings. The monoisotopic (exact) mass is 309 g/mol. The highest BCUT2D eigenvalue weighted by Gasteiger charge is 2.41. The van der Waals surface area contributed by atoms with Crippen LogP contribution in [-0.4, -0.2) is 12.2 Å². The van der Waals surface area contributed by atoms with Crippen LogP contribution in [0.1, 0.15) is 31.2 Å². The number of benzene rings is 1. The van der Waals surface area contributed by atoms with E-state index in [1.165, 1.54) is 12.1 Å². The third-order valence-electron chi connectivity index (χ3n) is 3.77. The second-order valence-corrected chi connectivity index (χ2v) is 5.63. The average Bonchev–Trinajstić information content (AvgIpc) is 2.40. The third-order valence-corrected chi connectivity index (χ3v) is 4.08. The van der Waals surface area contributed by atoms with Crippen molar-refractivity contribution in [1.82, 2.24) is 5.32 Å². The van der Waals surface area contributed by atoms with Crippen LogP contribution in [0.25, 0.3) is 0 Å². The Hall–Kier alpha value is -0.810. The van der Waals surface area contributed by atoms with Crippen molar-refractivity contribution in [3.05, 3.63) is 34.6 Å². The fraction of sp³-hybridized carbons (Fsp3) is 0.571. The van der Waals surface area contributed by atoms with E-state index in [2.05, 4.69) is 5.32 Å². The molecular formula is C14H16ClF4N. The van der Waals surface area contributed by atoms with Gasteiger partial charge < -0.3 is 5.32 Å². The molecule has 112 valence electrons. The summed E-state index contributed by atoms with van der Waals surface area (Å²) >= 11 is 5.59. The number of hydrogen-bond acceptors (Lipinski definition) is 1. The van der Waals surface area contributed by atoms with Crippen LogP contribution in [0.5, 0.6) is 0 Å². The molecule has 0 spiro atoms. The predicted octanol–water partition coefficient (Wildman–Crippen LogP) is 4.69. The van der Waals surface area contributed by atoms with Gasteiger partial charge in [0.25, 0.3) is 0 Å². The SMILES string of the molecule is Fc1cc(CNC2CCC(C(F)(F)F)CC2)ccc1Cl. The van der Waals surface area contributed by atoms with Crippen LogP contribution in [0.3, 0.4) is 0 Å². The Kier molecular flexibility index (Phi) is 4.91. The Morgan fingerprint density at radius 1 is 1.15 bits per heavy atom. The Morgan fingerprint density at radius 3 is 2.35 bits per heavy atom. The third kappa shape index (κ3) is 4.09. The van der Waals surface area contributed by atoms with Crippen LogP contribution in [0, 0.1) is 11.7 Å². The molecule has 0 bridgehead atoms. The molecule has 0 amide bonds. The normalized spacial score (nSPS) is 23.9. The Labute approximate surface area is 120 Å². The molecule has 0 atom stereocenters. The van der Waals surface area contributed by atoms with Crippen molar-refractivity contribution in [3.63, 3.8) is 0 Å². The van der Waals surface area contributed by atoms with Gasteiger partial charge in [-0.25, -0.2) is 4.39 Å². The summed E-state index contributed by atoms with van der Waals surface area (Å²) in [5.41, 5.74) is 0.741. The van der Waals surface area contributed by atoms with Gasteiger partial charge in [-0.15, -0.1) is 0 Å². The Morgan fingerprint density at radius 2 is 1.80 bits per heavy atom. The van der Waals surface area contributed by atoms with Crippen molar-refractivity contribution in [2.45, 2.75) is 44.4 Å². The van der Waals surface area contributed by atoms with Crippen LogP contribution in [0.15, 0.2) is 18.2 Å². The topological polar surface area (TPSA) is 12.0 Å². The van der Waals surface area contributed by atoms with Gasteiger partial charge in [-0.2, -0.15) is 13.2 Å². The molecule has 2 rings (SSSR count). The van der Waals surface area contributed by atoms with Crippen molar-refractivity contribution in [2.24, 2.45) is 5.92 Å². The van der Waals surface area contributed by atoms with Crippen molar-refractivity contribution in [1.29, 1.82) is 0 Å². The molecule has 0 saturated heterocycles. The molecule has 20 heavy (non-hydrogen) atoms. The molecule has 1 aliphatic carbocycles. The summed E-state index contributed by atoms with van der Waals surface area (Å²) in [6.07, 6.45) is -2.75. The largest absolute Gasteiger partial charge is 0.391 e. The lowest BCUT2D eigenvalue weighted by Gasteiger charge is -2.30. The Bertz CT molecular complexity index is 453. The summed E-state index contributed by atoms with van der Waals surface area (Å²) in [6, 6.07) is 4.59. The summed E-state index contributed by atoms with van der Waals surface area (Å²) in [6.45, 7) is 0.440. The second-order valence-electron chi connectivity index (χ2n) is 5.22. The molecule has 1 nitrogen and oxygen atoms in total. The van der Waals surface area contributed by atoms with Gasteiger partial charge in [0, 0.05) is 12.6 Å². The van der Waals surface area contributed by atoms with E-state index in [-0.39, 0.29) is 23.9 Å². The molecule has 0 radical (unpaired) electrons. The van der Waals surface area contributed by atoms with Crippen LogP contribution < -0.4 is 5.32 Å². The maximum absolute atomic E-state index is 13.2. The highest BCUT2D eigenvalue weighted by atomic mass is 35.5. The first-order chi connectivity index (χ1) is 9.36. The van der Waals surface area contributed by atoms with E-state index >= 15 is 0 Å². The molecule has 0 aromatic heterocycles.